The van der Waals surface area contributed by atoms with E-state index in [0.717, 1.165) is 19.6 Å². The molecule has 0 aromatic heterocycles. The van der Waals surface area contributed by atoms with E-state index in [9.17, 15) is 9.59 Å². The minimum absolute atomic E-state index is 0.0377. The van der Waals surface area contributed by atoms with Gasteiger partial charge in [-0.05, 0) is 24.6 Å². The summed E-state index contributed by atoms with van der Waals surface area (Å²) in [5.74, 6) is 0.187. The highest BCUT2D eigenvalue weighted by Gasteiger charge is 2.32. The topological polar surface area (TPSA) is 71.1 Å². The Kier molecular flexibility index (Phi) is 6.30. The van der Waals surface area contributed by atoms with Gasteiger partial charge in [0, 0.05) is 26.2 Å². The summed E-state index contributed by atoms with van der Waals surface area (Å²) >= 11 is 0. The van der Waals surface area contributed by atoms with E-state index in [0.29, 0.717) is 24.6 Å². The summed E-state index contributed by atoms with van der Waals surface area (Å²) in [4.78, 5) is 28.9. The number of nitrogens with zero attached hydrogens (tertiary/aromatic N) is 2. The summed E-state index contributed by atoms with van der Waals surface area (Å²) in [5, 5.41) is 2.92. The number of amides is 2. The number of para-hydroxylation sites is 2. The highest BCUT2D eigenvalue weighted by molar-refractivity contribution is 6.03. The smallest absolute Gasteiger partial charge is 0.268 e. The average Bonchev–Trinajstić information content (AvgIpc) is 2.76. The molecule has 7 heteroatoms. The van der Waals surface area contributed by atoms with E-state index in [-0.39, 0.29) is 24.5 Å². The van der Waals surface area contributed by atoms with Gasteiger partial charge in [-0.15, -0.1) is 0 Å². The SMILES string of the molecule is CC1Oc2ccccc2N(CC(=O)NCC2CN(Cc3ccccc3)CCO2)C1=O. The number of rotatable bonds is 6. The van der Waals surface area contributed by atoms with Gasteiger partial charge in [0.05, 0.1) is 18.4 Å². The van der Waals surface area contributed by atoms with Crippen molar-refractivity contribution in [2.75, 3.05) is 37.7 Å². The lowest BCUT2D eigenvalue weighted by Gasteiger charge is -2.34. The van der Waals surface area contributed by atoms with Crippen LogP contribution in [-0.4, -0.2) is 61.7 Å². The van der Waals surface area contributed by atoms with E-state index in [1.54, 1.807) is 19.1 Å². The maximum Gasteiger partial charge on any atom is 0.268 e. The number of ether oxygens (including phenoxy) is 2. The predicted octanol–water partition coefficient (Wildman–Crippen LogP) is 1.82. The van der Waals surface area contributed by atoms with E-state index >= 15 is 0 Å². The Morgan fingerprint density at radius 2 is 1.90 bits per heavy atom. The molecule has 2 unspecified atom stereocenters. The molecule has 2 aliphatic rings. The maximum absolute atomic E-state index is 12.6. The number of nitrogens with one attached hydrogen (secondary N) is 1. The van der Waals surface area contributed by atoms with Crippen LogP contribution >= 0.6 is 0 Å². The van der Waals surface area contributed by atoms with Crippen LogP contribution in [0.3, 0.4) is 0 Å². The molecule has 0 aliphatic carbocycles. The van der Waals surface area contributed by atoms with Crippen molar-refractivity contribution in [2.45, 2.75) is 25.7 Å². The Labute approximate surface area is 176 Å². The van der Waals surface area contributed by atoms with Crippen LogP contribution < -0.4 is 15.0 Å². The number of hydrogen-bond acceptors (Lipinski definition) is 5. The third kappa shape index (κ3) is 4.80. The largest absolute Gasteiger partial charge is 0.479 e. The lowest BCUT2D eigenvalue weighted by molar-refractivity contribution is -0.128. The third-order valence-electron chi connectivity index (χ3n) is 5.37. The van der Waals surface area contributed by atoms with Crippen molar-refractivity contribution in [3.8, 4) is 5.75 Å². The van der Waals surface area contributed by atoms with Gasteiger partial charge in [0.1, 0.15) is 12.3 Å². The van der Waals surface area contributed by atoms with Gasteiger partial charge >= 0.3 is 0 Å². The van der Waals surface area contributed by atoms with Gasteiger partial charge in [-0.25, -0.2) is 0 Å². The monoisotopic (exact) mass is 409 g/mol. The molecular weight excluding hydrogens is 382 g/mol. The van der Waals surface area contributed by atoms with E-state index < -0.39 is 6.10 Å². The van der Waals surface area contributed by atoms with Crippen LogP contribution in [0.2, 0.25) is 0 Å². The number of anilines is 1. The van der Waals surface area contributed by atoms with Crippen LogP contribution in [0, 0.1) is 0 Å². The lowest BCUT2D eigenvalue weighted by Crippen LogP contribution is -2.51. The second-order valence-corrected chi connectivity index (χ2v) is 7.67. The van der Waals surface area contributed by atoms with E-state index in [1.807, 2.05) is 30.3 Å². The minimum Gasteiger partial charge on any atom is -0.479 e. The van der Waals surface area contributed by atoms with Crippen molar-refractivity contribution in [3.63, 3.8) is 0 Å². The first-order valence-electron chi connectivity index (χ1n) is 10.3. The fraction of sp³-hybridized carbons (Fsp3) is 0.391. The van der Waals surface area contributed by atoms with Gasteiger partial charge in [-0.3, -0.25) is 19.4 Å². The normalized spacial score (nSPS) is 21.6. The zero-order valence-electron chi connectivity index (χ0n) is 17.1. The molecule has 1 N–H and O–H groups in total. The molecule has 7 nitrogen and oxygen atoms in total. The molecule has 4 rings (SSSR count). The van der Waals surface area contributed by atoms with Crippen molar-refractivity contribution in [1.29, 1.82) is 0 Å². The van der Waals surface area contributed by atoms with Crippen LogP contribution in [-0.2, 0) is 20.9 Å². The molecule has 2 aromatic carbocycles. The second kappa shape index (κ2) is 9.28. The maximum atomic E-state index is 12.6. The number of benzene rings is 2. The molecule has 2 heterocycles. The molecule has 0 spiro atoms. The van der Waals surface area contributed by atoms with Crippen molar-refractivity contribution >= 4 is 17.5 Å². The second-order valence-electron chi connectivity index (χ2n) is 7.67. The van der Waals surface area contributed by atoms with Crippen LogP contribution in [0.25, 0.3) is 0 Å². The Balaban J connectivity index is 1.30. The minimum atomic E-state index is -0.610. The first-order chi connectivity index (χ1) is 14.6. The molecule has 0 radical (unpaired) electrons. The molecule has 2 atom stereocenters. The molecule has 1 fully saturated rings. The molecule has 1 saturated heterocycles. The molecular formula is C23H27N3O4. The fourth-order valence-corrected chi connectivity index (χ4v) is 3.84. The number of hydrogen-bond donors (Lipinski definition) is 1. The van der Waals surface area contributed by atoms with Gasteiger partial charge in [0.15, 0.2) is 6.10 Å². The lowest BCUT2D eigenvalue weighted by atomic mass is 10.2. The zero-order valence-corrected chi connectivity index (χ0v) is 17.1. The number of carbonyl (C=O) groups is 2. The highest BCUT2D eigenvalue weighted by atomic mass is 16.5. The van der Waals surface area contributed by atoms with Crippen molar-refractivity contribution in [2.24, 2.45) is 0 Å². The van der Waals surface area contributed by atoms with Gasteiger partial charge in [0.2, 0.25) is 5.91 Å². The summed E-state index contributed by atoms with van der Waals surface area (Å²) in [7, 11) is 0. The van der Waals surface area contributed by atoms with Gasteiger partial charge in [0.25, 0.3) is 5.91 Å². The Hall–Kier alpha value is -2.90. The van der Waals surface area contributed by atoms with Gasteiger partial charge in [-0.1, -0.05) is 42.5 Å². The molecule has 2 aliphatic heterocycles. The van der Waals surface area contributed by atoms with Crippen LogP contribution in [0.15, 0.2) is 54.6 Å². The van der Waals surface area contributed by atoms with E-state index in [4.69, 9.17) is 9.47 Å². The quantitative estimate of drug-likeness (QED) is 0.788. The number of fused-ring (bicyclic) bond motifs is 1. The molecule has 158 valence electrons. The van der Waals surface area contributed by atoms with Crippen molar-refractivity contribution in [3.05, 3.63) is 60.2 Å². The summed E-state index contributed by atoms with van der Waals surface area (Å²) in [5.41, 5.74) is 1.89. The zero-order chi connectivity index (χ0) is 20.9. The standard InChI is InChI=1S/C23H27N3O4/c1-17-23(28)26(20-9-5-6-10-21(20)30-17)16-22(27)24-13-19-15-25(11-12-29-19)14-18-7-3-2-4-8-18/h2-10,17,19H,11-16H2,1H3,(H,24,27). The molecule has 2 amide bonds. The fourth-order valence-electron chi connectivity index (χ4n) is 3.84. The average molecular weight is 409 g/mol. The van der Waals surface area contributed by atoms with Gasteiger partial charge in [-0.2, -0.15) is 0 Å². The summed E-state index contributed by atoms with van der Waals surface area (Å²) in [6.45, 7) is 5.21. The van der Waals surface area contributed by atoms with Crippen molar-refractivity contribution in [1.82, 2.24) is 10.2 Å². The Morgan fingerprint density at radius 3 is 2.73 bits per heavy atom. The predicted molar refractivity (Wildman–Crippen MR) is 113 cm³/mol. The number of morpholine rings is 1. The Bertz CT molecular complexity index is 889. The first-order valence-corrected chi connectivity index (χ1v) is 10.3. The summed E-state index contributed by atoms with van der Waals surface area (Å²) in [6.07, 6.45) is -0.682. The molecule has 2 aromatic rings. The first kappa shape index (κ1) is 20.4. The van der Waals surface area contributed by atoms with Crippen molar-refractivity contribution < 1.29 is 19.1 Å². The van der Waals surface area contributed by atoms with E-state index in [2.05, 4.69) is 22.3 Å². The third-order valence-corrected chi connectivity index (χ3v) is 5.37. The van der Waals surface area contributed by atoms with Crippen LogP contribution in [0.1, 0.15) is 12.5 Å². The molecule has 0 bridgehead atoms. The number of carbonyl (C=O) groups excluding carboxylic acids is 2. The molecule has 0 saturated carbocycles. The van der Waals surface area contributed by atoms with Crippen LogP contribution in [0.4, 0.5) is 5.69 Å². The summed E-state index contributed by atoms with van der Waals surface area (Å²) < 4.78 is 11.4. The van der Waals surface area contributed by atoms with E-state index in [1.165, 1.54) is 10.5 Å². The van der Waals surface area contributed by atoms with Gasteiger partial charge < -0.3 is 14.8 Å². The Morgan fingerprint density at radius 1 is 1.13 bits per heavy atom. The summed E-state index contributed by atoms with van der Waals surface area (Å²) in [6, 6.07) is 17.6. The highest BCUT2D eigenvalue weighted by Crippen LogP contribution is 2.33. The molecule has 30 heavy (non-hydrogen) atoms. The van der Waals surface area contributed by atoms with Crippen LogP contribution in [0.5, 0.6) is 5.75 Å².